The largest absolute Gasteiger partial charge is 0.306 e. The molecule has 1 nitrogen and oxygen atoms in total. The quantitative estimate of drug-likeness (QED) is 0.637. The Morgan fingerprint density at radius 2 is 2.00 bits per heavy atom. The normalized spacial score (nSPS) is 12.7. The number of hydrogen-bond donors (Lipinski definition) is 1. The van der Waals surface area contributed by atoms with Gasteiger partial charge in [-0.3, -0.25) is 0 Å². The molecule has 1 aromatic carbocycles. The second-order valence-corrected chi connectivity index (χ2v) is 7.70. The molecule has 0 radical (unpaired) electrons. The average molecular weight is 393 g/mol. The van der Waals surface area contributed by atoms with Gasteiger partial charge < -0.3 is 5.32 Å². The molecule has 2 rings (SSSR count). The second-order valence-electron chi connectivity index (χ2n) is 4.72. The molecule has 0 aliphatic rings. The maximum atomic E-state index is 6.19. The zero-order valence-corrected chi connectivity index (χ0v) is 15.3. The maximum Gasteiger partial charge on any atom is 0.107 e. The highest BCUT2D eigenvalue weighted by molar-refractivity contribution is 9.10. The molecule has 0 fully saturated rings. The van der Waals surface area contributed by atoms with Gasteiger partial charge in [0.05, 0.1) is 6.04 Å². The van der Waals surface area contributed by atoms with Crippen LogP contribution >= 0.6 is 50.5 Å². The van der Waals surface area contributed by atoms with Gasteiger partial charge in [0.1, 0.15) is 4.34 Å². The lowest BCUT2D eigenvalue weighted by Crippen LogP contribution is -2.22. The van der Waals surface area contributed by atoms with Crippen LogP contribution in [-0.2, 0) is 0 Å². The lowest BCUT2D eigenvalue weighted by Gasteiger charge is -2.18. The molecule has 0 amide bonds. The summed E-state index contributed by atoms with van der Waals surface area (Å²) in [5, 5.41) is 4.34. The van der Waals surface area contributed by atoms with Gasteiger partial charge in [0.15, 0.2) is 0 Å². The fourth-order valence-corrected chi connectivity index (χ4v) is 4.25. The molecule has 2 aromatic rings. The van der Waals surface area contributed by atoms with Gasteiger partial charge in [-0.15, -0.1) is 11.3 Å². The summed E-state index contributed by atoms with van der Waals surface area (Å²) in [7, 11) is 0. The average Bonchev–Trinajstić information content (AvgIpc) is 2.69. The minimum atomic E-state index is 0.126. The number of rotatable bonds is 5. The van der Waals surface area contributed by atoms with E-state index in [0.717, 1.165) is 32.4 Å². The highest BCUT2D eigenvalue weighted by Crippen LogP contribution is 2.38. The van der Waals surface area contributed by atoms with E-state index in [1.807, 2.05) is 12.1 Å². The molecule has 20 heavy (non-hydrogen) atoms. The van der Waals surface area contributed by atoms with Crippen LogP contribution in [0.15, 0.2) is 28.7 Å². The molecule has 1 atom stereocenters. The van der Waals surface area contributed by atoms with E-state index in [1.54, 1.807) is 11.3 Å². The number of nitrogens with one attached hydrogen (secondary N) is 1. The predicted octanol–water partition coefficient (Wildman–Crippen LogP) is 6.21. The van der Waals surface area contributed by atoms with Crippen molar-refractivity contribution in [2.75, 3.05) is 6.54 Å². The summed E-state index contributed by atoms with van der Waals surface area (Å²) in [6.45, 7) is 5.16. The van der Waals surface area contributed by atoms with Gasteiger partial charge in [-0.2, -0.15) is 0 Å². The van der Waals surface area contributed by atoms with Gasteiger partial charge in [0, 0.05) is 14.4 Å². The van der Waals surface area contributed by atoms with Crippen LogP contribution in [0, 0.1) is 6.92 Å². The van der Waals surface area contributed by atoms with Crippen molar-refractivity contribution in [1.29, 1.82) is 0 Å². The molecule has 0 saturated heterocycles. The van der Waals surface area contributed by atoms with Crippen molar-refractivity contribution in [3.8, 4) is 0 Å². The smallest absolute Gasteiger partial charge is 0.107 e. The minimum Gasteiger partial charge on any atom is -0.306 e. The van der Waals surface area contributed by atoms with Gasteiger partial charge in [-0.05, 0) is 65.1 Å². The van der Waals surface area contributed by atoms with Crippen LogP contribution in [0.1, 0.15) is 35.4 Å². The van der Waals surface area contributed by atoms with Crippen molar-refractivity contribution in [2.45, 2.75) is 26.3 Å². The summed E-state index contributed by atoms with van der Waals surface area (Å²) in [5.41, 5.74) is 2.34. The summed E-state index contributed by atoms with van der Waals surface area (Å²) < 4.78 is 1.73. The van der Waals surface area contributed by atoms with Crippen LogP contribution in [0.2, 0.25) is 9.36 Å². The van der Waals surface area contributed by atoms with Gasteiger partial charge in [-0.25, -0.2) is 0 Å². The van der Waals surface area contributed by atoms with Crippen LogP contribution in [0.25, 0.3) is 0 Å². The van der Waals surface area contributed by atoms with Crippen molar-refractivity contribution in [3.63, 3.8) is 0 Å². The first kappa shape index (κ1) is 16.3. The Morgan fingerprint density at radius 1 is 1.25 bits per heavy atom. The maximum absolute atomic E-state index is 6.19. The zero-order chi connectivity index (χ0) is 14.7. The molecule has 0 aliphatic heterocycles. The topological polar surface area (TPSA) is 12.0 Å². The van der Waals surface area contributed by atoms with E-state index in [9.17, 15) is 0 Å². The Kier molecular flexibility index (Phi) is 5.94. The van der Waals surface area contributed by atoms with E-state index in [4.69, 9.17) is 23.2 Å². The SMILES string of the molecule is CCCNC(c1cc(C)cc(Cl)c1)c1cc(Br)c(Cl)s1. The highest BCUT2D eigenvalue weighted by atomic mass is 79.9. The monoisotopic (exact) mass is 391 g/mol. The fraction of sp³-hybridized carbons (Fsp3) is 0.333. The van der Waals surface area contributed by atoms with E-state index in [2.05, 4.69) is 47.2 Å². The molecule has 5 heteroatoms. The van der Waals surface area contributed by atoms with Crippen molar-refractivity contribution in [3.05, 3.63) is 54.1 Å². The number of hydrogen-bond acceptors (Lipinski definition) is 2. The van der Waals surface area contributed by atoms with Crippen molar-refractivity contribution >= 4 is 50.5 Å². The molecule has 1 N–H and O–H groups in total. The first-order valence-corrected chi connectivity index (χ1v) is 8.83. The third kappa shape index (κ3) is 3.99. The molecule has 0 bridgehead atoms. The molecule has 1 heterocycles. The third-order valence-corrected chi connectivity index (χ3v) is 5.70. The molecule has 0 saturated carbocycles. The predicted molar refractivity (Wildman–Crippen MR) is 93.4 cm³/mol. The van der Waals surface area contributed by atoms with Gasteiger partial charge >= 0.3 is 0 Å². The number of halogens is 3. The Morgan fingerprint density at radius 3 is 2.55 bits per heavy atom. The molecule has 1 aromatic heterocycles. The summed E-state index contributed by atoms with van der Waals surface area (Å²) in [5.74, 6) is 0. The van der Waals surface area contributed by atoms with E-state index in [1.165, 1.54) is 10.4 Å². The van der Waals surface area contributed by atoms with Gasteiger partial charge in [-0.1, -0.05) is 36.2 Å². The van der Waals surface area contributed by atoms with E-state index < -0.39 is 0 Å². The van der Waals surface area contributed by atoms with Crippen molar-refractivity contribution < 1.29 is 0 Å². The highest BCUT2D eigenvalue weighted by Gasteiger charge is 2.18. The van der Waals surface area contributed by atoms with E-state index in [0.29, 0.717) is 0 Å². The minimum absolute atomic E-state index is 0.126. The summed E-state index contributed by atoms with van der Waals surface area (Å²) in [6, 6.07) is 8.36. The molecular weight excluding hydrogens is 377 g/mol. The Bertz CT molecular complexity index is 558. The first-order chi connectivity index (χ1) is 9.51. The van der Waals surface area contributed by atoms with Gasteiger partial charge in [0.2, 0.25) is 0 Å². The Labute approximate surface area is 142 Å². The van der Waals surface area contributed by atoms with Crippen LogP contribution in [-0.4, -0.2) is 6.54 Å². The second kappa shape index (κ2) is 7.28. The van der Waals surface area contributed by atoms with Crippen molar-refractivity contribution in [1.82, 2.24) is 5.32 Å². The van der Waals surface area contributed by atoms with Crippen LogP contribution in [0.4, 0.5) is 0 Å². The molecule has 0 spiro atoms. The van der Waals surface area contributed by atoms with Gasteiger partial charge in [0.25, 0.3) is 0 Å². The van der Waals surface area contributed by atoms with Crippen LogP contribution in [0.5, 0.6) is 0 Å². The molecular formula is C15H16BrCl2NS. The Balaban J connectivity index is 2.40. The summed E-state index contributed by atoms with van der Waals surface area (Å²) in [4.78, 5) is 1.19. The lowest BCUT2D eigenvalue weighted by atomic mass is 10.0. The van der Waals surface area contributed by atoms with Crippen LogP contribution in [0.3, 0.4) is 0 Å². The molecule has 1 unspecified atom stereocenters. The van der Waals surface area contributed by atoms with Crippen molar-refractivity contribution in [2.24, 2.45) is 0 Å². The Hall–Kier alpha value is -0.0600. The number of benzene rings is 1. The molecule has 108 valence electrons. The zero-order valence-electron chi connectivity index (χ0n) is 11.3. The van der Waals surface area contributed by atoms with E-state index in [-0.39, 0.29) is 6.04 Å². The first-order valence-electron chi connectivity index (χ1n) is 6.46. The summed E-state index contributed by atoms with van der Waals surface area (Å²) in [6.07, 6.45) is 1.08. The number of aryl methyl sites for hydroxylation is 1. The van der Waals surface area contributed by atoms with E-state index >= 15 is 0 Å². The molecule has 0 aliphatic carbocycles. The number of thiophene rings is 1. The fourth-order valence-electron chi connectivity index (χ4n) is 2.11. The lowest BCUT2D eigenvalue weighted by molar-refractivity contribution is 0.605. The third-order valence-electron chi connectivity index (χ3n) is 2.94. The summed E-state index contributed by atoms with van der Waals surface area (Å²) >= 11 is 17.4. The standard InChI is InChI=1S/C15H16BrCl2NS/c1-3-4-19-14(13-8-12(16)15(18)20-13)10-5-9(2)6-11(17)7-10/h5-8,14,19H,3-4H2,1-2H3. The van der Waals surface area contributed by atoms with Crippen LogP contribution < -0.4 is 5.32 Å².